The van der Waals surface area contributed by atoms with Crippen LogP contribution >= 0.6 is 39.1 Å². The lowest BCUT2D eigenvalue weighted by Crippen LogP contribution is -1.95. The van der Waals surface area contributed by atoms with Crippen molar-refractivity contribution in [3.8, 4) is 6.07 Å². The maximum Gasteiger partial charge on any atom is 0.0835 e. The van der Waals surface area contributed by atoms with E-state index in [-0.39, 0.29) is 0 Å². The van der Waals surface area contributed by atoms with E-state index in [0.29, 0.717) is 23.0 Å². The quantitative estimate of drug-likeness (QED) is 0.794. The number of rotatable bonds is 2. The molecule has 0 amide bonds. The Kier molecular flexibility index (Phi) is 3.44. The monoisotopic (exact) mass is 316 g/mol. The molecule has 82 valence electrons. The maximum atomic E-state index is 8.60. The molecule has 0 aliphatic rings. The van der Waals surface area contributed by atoms with Gasteiger partial charge in [-0.3, -0.25) is 0 Å². The maximum absolute atomic E-state index is 8.60. The van der Waals surface area contributed by atoms with Crippen molar-refractivity contribution in [2.45, 2.75) is 13.0 Å². The topological polar surface area (TPSA) is 28.7 Å². The van der Waals surface area contributed by atoms with Gasteiger partial charge in [0.25, 0.3) is 0 Å². The Morgan fingerprint density at radius 1 is 1.38 bits per heavy atom. The van der Waals surface area contributed by atoms with E-state index in [2.05, 4.69) is 22.0 Å². The number of aryl methyl sites for hydroxylation is 1. The molecule has 0 aliphatic carbocycles. The Morgan fingerprint density at radius 3 is 2.81 bits per heavy atom. The molecule has 1 aromatic heterocycles. The summed E-state index contributed by atoms with van der Waals surface area (Å²) in [6, 6.07) is 5.79. The van der Waals surface area contributed by atoms with Crippen molar-refractivity contribution in [3.05, 3.63) is 32.8 Å². The molecule has 0 aliphatic heterocycles. The van der Waals surface area contributed by atoms with Crippen LogP contribution in [-0.4, -0.2) is 4.57 Å². The molecule has 2 aromatic rings. The fourth-order valence-electron chi connectivity index (χ4n) is 1.63. The van der Waals surface area contributed by atoms with E-state index in [9.17, 15) is 0 Å². The Bertz CT molecular complexity index is 584. The van der Waals surface area contributed by atoms with Crippen molar-refractivity contribution in [1.82, 2.24) is 4.57 Å². The van der Waals surface area contributed by atoms with Crippen LogP contribution < -0.4 is 0 Å². The molecular weight excluding hydrogens is 311 g/mol. The first kappa shape index (κ1) is 11.8. The van der Waals surface area contributed by atoms with Gasteiger partial charge in [0.05, 0.1) is 28.1 Å². The number of fused-ring (bicyclic) bond motifs is 1. The second-order valence-electron chi connectivity index (χ2n) is 3.34. The Balaban J connectivity index is 2.66. The summed E-state index contributed by atoms with van der Waals surface area (Å²) in [5.41, 5.74) is 0.872. The number of nitrogens with zero attached hydrogens (tertiary/aromatic N) is 2. The van der Waals surface area contributed by atoms with Gasteiger partial charge in [0.2, 0.25) is 0 Å². The van der Waals surface area contributed by atoms with Crippen molar-refractivity contribution in [1.29, 1.82) is 5.26 Å². The van der Waals surface area contributed by atoms with E-state index in [1.54, 1.807) is 6.07 Å². The first-order valence-electron chi connectivity index (χ1n) is 4.64. The van der Waals surface area contributed by atoms with Crippen LogP contribution in [0, 0.1) is 11.3 Å². The number of hydrogen-bond acceptors (Lipinski definition) is 1. The molecule has 0 fully saturated rings. The summed E-state index contributed by atoms with van der Waals surface area (Å²) < 4.78 is 2.90. The number of hydrogen-bond donors (Lipinski definition) is 0. The molecule has 0 bridgehead atoms. The summed E-state index contributed by atoms with van der Waals surface area (Å²) in [5, 5.41) is 10.7. The highest BCUT2D eigenvalue weighted by atomic mass is 79.9. The predicted octanol–water partition coefficient (Wildman–Crippen LogP) is 4.62. The highest BCUT2D eigenvalue weighted by Gasteiger charge is 2.12. The Labute approximate surface area is 111 Å². The average molecular weight is 318 g/mol. The van der Waals surface area contributed by atoms with Crippen LogP contribution in [0.1, 0.15) is 6.42 Å². The molecule has 0 saturated carbocycles. The van der Waals surface area contributed by atoms with Crippen LogP contribution in [0.25, 0.3) is 10.9 Å². The molecule has 2 rings (SSSR count). The lowest BCUT2D eigenvalue weighted by molar-refractivity contribution is 0.743. The summed E-state index contributed by atoms with van der Waals surface area (Å²) in [5.74, 6) is 0. The average Bonchev–Trinajstić information content (AvgIpc) is 2.58. The van der Waals surface area contributed by atoms with Gasteiger partial charge in [0, 0.05) is 22.6 Å². The van der Waals surface area contributed by atoms with Crippen LogP contribution in [0.2, 0.25) is 10.0 Å². The van der Waals surface area contributed by atoms with E-state index in [1.807, 2.05) is 16.8 Å². The van der Waals surface area contributed by atoms with Gasteiger partial charge >= 0.3 is 0 Å². The van der Waals surface area contributed by atoms with Gasteiger partial charge < -0.3 is 4.57 Å². The fraction of sp³-hybridized carbons (Fsp3) is 0.182. The van der Waals surface area contributed by atoms with Gasteiger partial charge in [-0.1, -0.05) is 29.3 Å². The lowest BCUT2D eigenvalue weighted by Gasteiger charge is -2.04. The molecular formula is C11H7BrCl2N2. The highest BCUT2D eigenvalue weighted by Crippen LogP contribution is 2.35. The lowest BCUT2D eigenvalue weighted by atomic mass is 10.2. The van der Waals surface area contributed by atoms with E-state index >= 15 is 0 Å². The Hall–Kier alpha value is -0.690. The molecule has 0 atom stereocenters. The van der Waals surface area contributed by atoms with Crippen molar-refractivity contribution < 1.29 is 0 Å². The zero-order chi connectivity index (χ0) is 11.7. The van der Waals surface area contributed by atoms with E-state index in [0.717, 1.165) is 15.4 Å². The Morgan fingerprint density at radius 2 is 2.12 bits per heavy atom. The molecule has 0 radical (unpaired) electrons. The number of halogens is 3. The third-order valence-corrected chi connectivity index (χ3v) is 3.77. The van der Waals surface area contributed by atoms with Crippen LogP contribution in [0.15, 0.2) is 22.8 Å². The molecule has 0 N–H and O–H groups in total. The smallest absolute Gasteiger partial charge is 0.0835 e. The molecule has 0 spiro atoms. The van der Waals surface area contributed by atoms with Crippen molar-refractivity contribution in [2.75, 3.05) is 0 Å². The summed E-state index contributed by atoms with van der Waals surface area (Å²) in [7, 11) is 0. The minimum absolute atomic E-state index is 0.444. The number of nitriles is 1. The van der Waals surface area contributed by atoms with Gasteiger partial charge in [0.15, 0.2) is 0 Å². The largest absolute Gasteiger partial charge is 0.344 e. The van der Waals surface area contributed by atoms with Crippen molar-refractivity contribution in [3.63, 3.8) is 0 Å². The zero-order valence-corrected chi connectivity index (χ0v) is 11.3. The minimum Gasteiger partial charge on any atom is -0.344 e. The number of benzene rings is 1. The van der Waals surface area contributed by atoms with Crippen molar-refractivity contribution in [2.24, 2.45) is 0 Å². The summed E-state index contributed by atoms with van der Waals surface area (Å²) >= 11 is 15.6. The summed E-state index contributed by atoms with van der Waals surface area (Å²) in [6.45, 7) is 0.610. The second-order valence-corrected chi connectivity index (χ2v) is 4.98. The van der Waals surface area contributed by atoms with E-state index in [1.165, 1.54) is 0 Å². The van der Waals surface area contributed by atoms with Crippen LogP contribution in [0.3, 0.4) is 0 Å². The van der Waals surface area contributed by atoms with Gasteiger partial charge in [-0.05, 0) is 22.0 Å². The molecule has 16 heavy (non-hydrogen) atoms. The normalized spacial score (nSPS) is 10.6. The minimum atomic E-state index is 0.444. The molecule has 0 saturated heterocycles. The van der Waals surface area contributed by atoms with Gasteiger partial charge in [-0.15, -0.1) is 0 Å². The van der Waals surface area contributed by atoms with Crippen LogP contribution in [0.5, 0.6) is 0 Å². The van der Waals surface area contributed by atoms with Crippen molar-refractivity contribution >= 4 is 50.0 Å². The highest BCUT2D eigenvalue weighted by molar-refractivity contribution is 9.10. The molecule has 2 nitrogen and oxygen atoms in total. The van der Waals surface area contributed by atoms with E-state index in [4.69, 9.17) is 28.5 Å². The summed E-state index contributed by atoms with van der Waals surface area (Å²) in [6.07, 6.45) is 2.36. The molecule has 5 heteroatoms. The first-order valence-corrected chi connectivity index (χ1v) is 6.19. The predicted molar refractivity (Wildman–Crippen MR) is 69.9 cm³/mol. The molecule has 1 heterocycles. The molecule has 0 unspecified atom stereocenters. The zero-order valence-electron chi connectivity index (χ0n) is 8.17. The van der Waals surface area contributed by atoms with Gasteiger partial charge in [0.1, 0.15) is 0 Å². The fourth-order valence-corrected chi connectivity index (χ4v) is 2.62. The summed E-state index contributed by atoms with van der Waals surface area (Å²) in [4.78, 5) is 0. The van der Waals surface area contributed by atoms with E-state index < -0.39 is 0 Å². The van der Waals surface area contributed by atoms with Crippen LogP contribution in [0.4, 0.5) is 0 Å². The third kappa shape index (κ3) is 1.93. The third-order valence-electron chi connectivity index (χ3n) is 2.35. The first-order chi connectivity index (χ1) is 7.65. The SMILES string of the molecule is N#CCCn1cc(Br)c2ccc(Cl)c(Cl)c21. The van der Waals surface area contributed by atoms with Crippen LogP contribution in [-0.2, 0) is 6.54 Å². The molecule has 1 aromatic carbocycles. The standard InChI is InChI=1S/C11H7BrCl2N2/c12-8-6-16(5-1-4-15)11-7(8)2-3-9(13)10(11)14/h2-3,6H,1,5H2. The van der Waals surface area contributed by atoms with Gasteiger partial charge in [-0.2, -0.15) is 5.26 Å². The van der Waals surface area contributed by atoms with Gasteiger partial charge in [-0.25, -0.2) is 0 Å². The second kappa shape index (κ2) is 4.67. The number of aromatic nitrogens is 1.